The summed E-state index contributed by atoms with van der Waals surface area (Å²) in [6, 6.07) is 8.14. The maximum atomic E-state index is 12.5. The van der Waals surface area contributed by atoms with Crippen LogP contribution in [0.4, 0.5) is 13.2 Å². The Morgan fingerprint density at radius 3 is 2.39 bits per heavy atom. The summed E-state index contributed by atoms with van der Waals surface area (Å²) in [5.41, 5.74) is 1.12. The minimum Gasteiger partial charge on any atom is -0.222 e. The highest BCUT2D eigenvalue weighted by Gasteiger charge is 2.28. The average molecular weight is 253 g/mol. The Bertz CT molecular complexity index is 555. The van der Waals surface area contributed by atoms with Gasteiger partial charge in [-0.25, -0.2) is 4.68 Å². The highest BCUT2D eigenvalue weighted by atomic mass is 19.4. The van der Waals surface area contributed by atoms with Gasteiger partial charge in [-0.3, -0.25) is 0 Å². The number of nitrogens with zero attached hydrogens (tertiary/aromatic N) is 3. The molecule has 0 amide bonds. The van der Waals surface area contributed by atoms with Crippen molar-refractivity contribution in [2.24, 2.45) is 4.99 Å². The molecule has 0 aliphatic heterocycles. The topological polar surface area (TPSA) is 30.2 Å². The van der Waals surface area contributed by atoms with Crippen LogP contribution in [-0.4, -0.2) is 21.9 Å². The highest BCUT2D eigenvalue weighted by molar-refractivity contribution is 5.99. The Hall–Kier alpha value is -2.11. The third kappa shape index (κ3) is 2.97. The molecule has 0 fully saturated rings. The average Bonchev–Trinajstić information content (AvgIpc) is 2.73. The van der Waals surface area contributed by atoms with E-state index in [1.165, 1.54) is 12.4 Å². The summed E-state index contributed by atoms with van der Waals surface area (Å²) < 4.78 is 38.5. The van der Waals surface area contributed by atoms with E-state index < -0.39 is 6.30 Å². The van der Waals surface area contributed by atoms with Crippen LogP contribution in [0.1, 0.15) is 11.1 Å². The molecule has 18 heavy (non-hydrogen) atoms. The smallest absolute Gasteiger partial charge is 0.222 e. The molecular weight excluding hydrogens is 243 g/mol. The Balaban J connectivity index is 2.52. The molecule has 94 valence electrons. The predicted octanol–water partition coefficient (Wildman–Crippen LogP) is 3.01. The van der Waals surface area contributed by atoms with Crippen molar-refractivity contribution >= 4 is 5.84 Å². The number of aryl methyl sites for hydroxylation is 1. The van der Waals surface area contributed by atoms with Crippen molar-refractivity contribution in [2.75, 3.05) is 0 Å². The monoisotopic (exact) mass is 253 g/mol. The van der Waals surface area contributed by atoms with Gasteiger partial charge >= 0.3 is 6.30 Å². The normalized spacial score (nSPS) is 12.8. The second kappa shape index (κ2) is 4.64. The molecule has 0 saturated heterocycles. The fourth-order valence-corrected chi connectivity index (χ4v) is 1.48. The Kier molecular flexibility index (Phi) is 3.18. The Morgan fingerprint density at radius 2 is 1.89 bits per heavy atom. The molecule has 0 aliphatic rings. The SMILES string of the molecule is Cc1cnn(/C(=N/C(F)(F)F)c2ccccc2)c1. The van der Waals surface area contributed by atoms with Crippen molar-refractivity contribution in [2.45, 2.75) is 13.2 Å². The minimum absolute atomic E-state index is 0.240. The van der Waals surface area contributed by atoms with Gasteiger partial charge in [0, 0.05) is 11.8 Å². The second-order valence-electron chi connectivity index (χ2n) is 3.73. The molecule has 0 unspecified atom stereocenters. The van der Waals surface area contributed by atoms with Gasteiger partial charge in [0.1, 0.15) is 0 Å². The Morgan fingerprint density at radius 1 is 1.22 bits per heavy atom. The molecule has 0 saturated carbocycles. The van der Waals surface area contributed by atoms with E-state index >= 15 is 0 Å². The Labute approximate surface area is 102 Å². The first kappa shape index (κ1) is 12.3. The number of alkyl halides is 3. The predicted molar refractivity (Wildman–Crippen MR) is 61.4 cm³/mol. The molecule has 6 heteroatoms. The number of aromatic nitrogens is 2. The molecule has 3 nitrogen and oxygen atoms in total. The van der Waals surface area contributed by atoms with Crippen LogP contribution in [0.25, 0.3) is 0 Å². The summed E-state index contributed by atoms with van der Waals surface area (Å²) >= 11 is 0. The van der Waals surface area contributed by atoms with Crippen LogP contribution in [0.2, 0.25) is 0 Å². The van der Waals surface area contributed by atoms with Gasteiger partial charge in [0.2, 0.25) is 0 Å². The van der Waals surface area contributed by atoms with E-state index in [0.717, 1.165) is 10.2 Å². The molecule has 0 atom stereocenters. The van der Waals surface area contributed by atoms with Crippen LogP contribution in [0.5, 0.6) is 0 Å². The van der Waals surface area contributed by atoms with E-state index in [4.69, 9.17) is 0 Å². The zero-order chi connectivity index (χ0) is 13.2. The zero-order valence-electron chi connectivity index (χ0n) is 9.52. The van der Waals surface area contributed by atoms with E-state index in [9.17, 15) is 13.2 Å². The molecule has 0 bridgehead atoms. The van der Waals surface area contributed by atoms with Crippen molar-refractivity contribution in [3.8, 4) is 0 Å². The largest absolute Gasteiger partial charge is 0.505 e. The second-order valence-corrected chi connectivity index (χ2v) is 3.73. The molecule has 0 N–H and O–H groups in total. The van der Waals surface area contributed by atoms with Crippen molar-refractivity contribution < 1.29 is 13.2 Å². The lowest BCUT2D eigenvalue weighted by Gasteiger charge is -2.08. The van der Waals surface area contributed by atoms with Gasteiger partial charge in [-0.15, -0.1) is 13.2 Å². The summed E-state index contributed by atoms with van der Waals surface area (Å²) in [6.45, 7) is 1.75. The van der Waals surface area contributed by atoms with Gasteiger partial charge in [-0.05, 0) is 12.5 Å². The number of halogens is 3. The maximum absolute atomic E-state index is 12.5. The molecule has 0 spiro atoms. The van der Waals surface area contributed by atoms with Crippen molar-refractivity contribution in [1.29, 1.82) is 0 Å². The first-order valence-electron chi connectivity index (χ1n) is 5.19. The summed E-state index contributed by atoms with van der Waals surface area (Å²) in [6.07, 6.45) is -1.66. The standard InChI is InChI=1S/C12H10F3N3/c1-9-7-16-18(8-9)11(17-12(13,14)15)10-5-3-2-4-6-10/h2-8H,1H3/b17-11+. The fraction of sp³-hybridized carbons (Fsp3) is 0.167. The van der Waals surface area contributed by atoms with Crippen LogP contribution in [-0.2, 0) is 0 Å². The number of hydrogen-bond donors (Lipinski definition) is 0. The van der Waals surface area contributed by atoms with Gasteiger partial charge in [0.15, 0.2) is 5.84 Å². The number of hydrogen-bond acceptors (Lipinski definition) is 2. The first-order valence-corrected chi connectivity index (χ1v) is 5.19. The maximum Gasteiger partial charge on any atom is 0.505 e. The molecular formula is C12H10F3N3. The lowest BCUT2D eigenvalue weighted by Crippen LogP contribution is -2.19. The third-order valence-electron chi connectivity index (χ3n) is 2.19. The van der Waals surface area contributed by atoms with Gasteiger partial charge in [0.25, 0.3) is 0 Å². The third-order valence-corrected chi connectivity index (χ3v) is 2.19. The summed E-state index contributed by atoms with van der Waals surface area (Å²) in [5, 5.41) is 3.86. The molecule has 0 radical (unpaired) electrons. The van der Waals surface area contributed by atoms with Gasteiger partial charge < -0.3 is 0 Å². The number of rotatable bonds is 1. The molecule has 2 rings (SSSR count). The van der Waals surface area contributed by atoms with E-state index in [0.29, 0.717) is 5.56 Å². The quantitative estimate of drug-likeness (QED) is 0.436. The van der Waals surface area contributed by atoms with Crippen molar-refractivity contribution in [3.05, 3.63) is 53.9 Å². The molecule has 2 aromatic rings. The van der Waals surface area contributed by atoms with Crippen molar-refractivity contribution in [3.63, 3.8) is 0 Å². The van der Waals surface area contributed by atoms with Crippen LogP contribution in [0.3, 0.4) is 0 Å². The number of aliphatic imine (C=N–C) groups is 1. The van der Waals surface area contributed by atoms with Gasteiger partial charge in [-0.1, -0.05) is 30.3 Å². The fourth-order valence-electron chi connectivity index (χ4n) is 1.48. The van der Waals surface area contributed by atoms with E-state index in [-0.39, 0.29) is 5.84 Å². The molecule has 0 aliphatic carbocycles. The van der Waals surface area contributed by atoms with E-state index in [1.54, 1.807) is 37.3 Å². The van der Waals surface area contributed by atoms with Crippen LogP contribution in [0.15, 0.2) is 47.7 Å². The van der Waals surface area contributed by atoms with Gasteiger partial charge in [0.05, 0.1) is 6.20 Å². The zero-order valence-corrected chi connectivity index (χ0v) is 9.52. The molecule has 1 aromatic carbocycles. The lowest BCUT2D eigenvalue weighted by molar-refractivity contribution is -0.119. The molecule has 1 aromatic heterocycles. The summed E-state index contributed by atoms with van der Waals surface area (Å²) in [5.74, 6) is -0.240. The first-order chi connectivity index (χ1) is 8.46. The van der Waals surface area contributed by atoms with Crippen LogP contribution in [0, 0.1) is 6.92 Å². The minimum atomic E-state index is -4.63. The molecule has 1 heterocycles. The summed E-state index contributed by atoms with van der Waals surface area (Å²) in [4.78, 5) is 2.78. The van der Waals surface area contributed by atoms with Crippen LogP contribution >= 0.6 is 0 Å². The number of benzene rings is 1. The highest BCUT2D eigenvalue weighted by Crippen LogP contribution is 2.19. The van der Waals surface area contributed by atoms with Gasteiger partial charge in [-0.2, -0.15) is 10.1 Å². The van der Waals surface area contributed by atoms with Crippen molar-refractivity contribution in [1.82, 2.24) is 9.78 Å². The summed E-state index contributed by atoms with van der Waals surface area (Å²) in [7, 11) is 0. The lowest BCUT2D eigenvalue weighted by atomic mass is 10.2. The van der Waals surface area contributed by atoms with E-state index in [2.05, 4.69) is 10.1 Å². The van der Waals surface area contributed by atoms with Crippen LogP contribution < -0.4 is 0 Å². The van der Waals surface area contributed by atoms with E-state index in [1.807, 2.05) is 0 Å².